The molecular weight excluding hydrogens is 1330 g/mol. The highest BCUT2D eigenvalue weighted by molar-refractivity contribution is 7.47. The van der Waals surface area contributed by atoms with E-state index in [0.717, 1.165) is 108 Å². The second-order valence-corrected chi connectivity index (χ2v) is 34.2. The fourth-order valence-corrected chi connectivity index (χ4v) is 14.4. The van der Waals surface area contributed by atoms with Gasteiger partial charge < -0.3 is 33.8 Å². The van der Waals surface area contributed by atoms with Crippen LogP contribution in [0.5, 0.6) is 0 Å². The van der Waals surface area contributed by atoms with E-state index < -0.39 is 97.5 Å². The summed E-state index contributed by atoms with van der Waals surface area (Å²) in [7, 11) is -9.93. The van der Waals surface area contributed by atoms with Crippen LogP contribution in [-0.4, -0.2) is 96.7 Å². The first-order valence-corrected chi connectivity index (χ1v) is 45.8. The highest BCUT2D eigenvalue weighted by Gasteiger charge is 2.30. The van der Waals surface area contributed by atoms with Gasteiger partial charge in [0.25, 0.3) is 0 Å². The molecule has 0 aliphatic rings. The summed E-state index contributed by atoms with van der Waals surface area (Å²) in [5, 5.41) is 10.7. The molecule has 0 bridgehead atoms. The highest BCUT2D eigenvalue weighted by atomic mass is 31.2. The van der Waals surface area contributed by atoms with Crippen molar-refractivity contribution < 1.29 is 80.2 Å². The van der Waals surface area contributed by atoms with Crippen molar-refractivity contribution in [1.82, 2.24) is 0 Å². The summed E-state index contributed by atoms with van der Waals surface area (Å²) in [6.45, 7) is 12.0. The molecule has 0 aromatic heterocycles. The van der Waals surface area contributed by atoms with Gasteiger partial charge in [-0.1, -0.05) is 382 Å². The van der Waals surface area contributed by atoms with Crippen LogP contribution in [-0.2, 0) is 65.4 Å². The maximum Gasteiger partial charge on any atom is 0.472 e. The Morgan fingerprint density at radius 2 is 0.451 bits per heavy atom. The second kappa shape index (κ2) is 73.2. The van der Waals surface area contributed by atoms with Gasteiger partial charge in [0.2, 0.25) is 0 Å². The summed E-state index contributed by atoms with van der Waals surface area (Å²) in [4.78, 5) is 73.1. The van der Waals surface area contributed by atoms with Gasteiger partial charge in [-0.25, -0.2) is 9.13 Å². The third-order valence-electron chi connectivity index (χ3n) is 19.4. The highest BCUT2D eigenvalue weighted by Crippen LogP contribution is 2.45. The molecule has 0 fully saturated rings. The lowest BCUT2D eigenvalue weighted by Gasteiger charge is -2.21. The number of rotatable bonds is 81. The molecule has 3 N–H and O–H groups in total. The third-order valence-corrected chi connectivity index (χ3v) is 21.3. The molecule has 0 rings (SSSR count). The number of aliphatic hydroxyl groups is 1. The summed E-state index contributed by atoms with van der Waals surface area (Å²) in [6.07, 6.45) is 62.3. The van der Waals surface area contributed by atoms with Crippen molar-refractivity contribution in [2.45, 2.75) is 452 Å². The molecule has 0 aromatic carbocycles. The summed E-state index contributed by atoms with van der Waals surface area (Å²) >= 11 is 0. The summed E-state index contributed by atoms with van der Waals surface area (Å²) in [6, 6.07) is 0. The summed E-state index contributed by atoms with van der Waals surface area (Å²) < 4.78 is 68.8. The minimum Gasteiger partial charge on any atom is -0.462 e. The van der Waals surface area contributed by atoms with Crippen LogP contribution in [0, 0.1) is 17.8 Å². The van der Waals surface area contributed by atoms with Crippen LogP contribution in [0.1, 0.15) is 434 Å². The lowest BCUT2D eigenvalue weighted by atomic mass is 10.0. The van der Waals surface area contributed by atoms with Gasteiger partial charge in [-0.3, -0.25) is 37.3 Å². The second-order valence-electron chi connectivity index (χ2n) is 31.3. The molecule has 0 aliphatic carbocycles. The minimum atomic E-state index is -4.96. The van der Waals surface area contributed by atoms with Crippen molar-refractivity contribution in [3.63, 3.8) is 0 Å². The van der Waals surface area contributed by atoms with Crippen LogP contribution >= 0.6 is 15.6 Å². The Kier molecular flexibility index (Phi) is 71.8. The average Bonchev–Trinajstić information content (AvgIpc) is 0.906. The predicted molar refractivity (Wildman–Crippen MR) is 418 cm³/mol. The summed E-state index contributed by atoms with van der Waals surface area (Å²) in [5.41, 5.74) is 0. The van der Waals surface area contributed by atoms with E-state index in [-0.39, 0.29) is 25.7 Å². The topological polar surface area (TPSA) is 237 Å². The quantitative estimate of drug-likeness (QED) is 0.0222. The van der Waals surface area contributed by atoms with Crippen molar-refractivity contribution in [2.75, 3.05) is 39.6 Å². The molecule has 102 heavy (non-hydrogen) atoms. The molecule has 0 saturated carbocycles. The first-order chi connectivity index (χ1) is 49.2. The van der Waals surface area contributed by atoms with Crippen molar-refractivity contribution in [2.24, 2.45) is 17.8 Å². The third kappa shape index (κ3) is 76.3. The number of hydrogen-bond donors (Lipinski definition) is 3. The number of hydrogen-bond acceptors (Lipinski definition) is 15. The predicted octanol–water partition coefficient (Wildman–Crippen LogP) is 24.9. The van der Waals surface area contributed by atoms with Crippen molar-refractivity contribution in [3.8, 4) is 0 Å². The van der Waals surface area contributed by atoms with Gasteiger partial charge in [0, 0.05) is 25.7 Å². The molecule has 0 heterocycles. The number of ether oxygens (including phenoxy) is 4. The molecule has 0 aliphatic heterocycles. The number of esters is 4. The zero-order valence-electron chi connectivity index (χ0n) is 67.1. The van der Waals surface area contributed by atoms with Gasteiger partial charge in [0.15, 0.2) is 12.2 Å². The Bertz CT molecular complexity index is 1970. The minimum absolute atomic E-state index is 0.108. The Morgan fingerprint density at radius 3 is 0.667 bits per heavy atom. The molecule has 606 valence electrons. The largest absolute Gasteiger partial charge is 0.472 e. The van der Waals surface area contributed by atoms with E-state index in [9.17, 15) is 43.2 Å². The maximum atomic E-state index is 13.1. The number of phosphoric acid groups is 2. The van der Waals surface area contributed by atoms with E-state index in [1.54, 1.807) is 0 Å². The summed E-state index contributed by atoms with van der Waals surface area (Å²) in [5.74, 6) is 0.239. The number of carbonyl (C=O) groups is 4. The maximum absolute atomic E-state index is 13.1. The lowest BCUT2D eigenvalue weighted by Crippen LogP contribution is -2.30. The van der Waals surface area contributed by atoms with Crippen LogP contribution in [0.15, 0.2) is 0 Å². The van der Waals surface area contributed by atoms with E-state index in [4.69, 9.17) is 37.0 Å². The number of phosphoric ester groups is 2. The molecule has 0 aromatic rings. The number of carbonyl (C=O) groups excluding carboxylic acids is 4. The molecule has 0 amide bonds. The van der Waals surface area contributed by atoms with E-state index in [2.05, 4.69) is 48.5 Å². The van der Waals surface area contributed by atoms with Crippen LogP contribution in [0.25, 0.3) is 0 Å². The SMILES string of the molecule is CCCCCCCCCCCCCCCCCC(=O)O[C@H](COC(=O)CCCCCCCCCCCC(C)C)COP(=O)(O)OC[C@H](O)COP(=O)(O)OC[C@@H](COC(=O)CCCCCCCCCCCCCCCCC(C)C)OC(=O)CCCCCCCCCCCCCCCCCC(C)C. The molecule has 0 radical (unpaired) electrons. The number of aliphatic hydroxyl groups excluding tert-OH is 1. The van der Waals surface area contributed by atoms with Crippen molar-refractivity contribution >= 4 is 39.5 Å². The zero-order valence-corrected chi connectivity index (χ0v) is 68.9. The molecule has 2 unspecified atom stereocenters. The van der Waals surface area contributed by atoms with Gasteiger partial charge in [-0.15, -0.1) is 0 Å². The zero-order chi connectivity index (χ0) is 75.1. The van der Waals surface area contributed by atoms with E-state index >= 15 is 0 Å². The van der Waals surface area contributed by atoms with Crippen LogP contribution in [0.2, 0.25) is 0 Å². The number of unbranched alkanes of at least 4 members (excludes halogenated alkanes) is 49. The van der Waals surface area contributed by atoms with Gasteiger partial charge in [-0.05, 0) is 43.4 Å². The van der Waals surface area contributed by atoms with Crippen LogP contribution in [0.4, 0.5) is 0 Å². The molecule has 0 saturated heterocycles. The lowest BCUT2D eigenvalue weighted by molar-refractivity contribution is -0.161. The van der Waals surface area contributed by atoms with Gasteiger partial charge in [0.05, 0.1) is 26.4 Å². The smallest absolute Gasteiger partial charge is 0.462 e. The van der Waals surface area contributed by atoms with E-state index in [0.29, 0.717) is 25.7 Å². The first-order valence-electron chi connectivity index (χ1n) is 42.8. The van der Waals surface area contributed by atoms with E-state index in [1.165, 1.54) is 244 Å². The normalized spacial score (nSPS) is 13.9. The molecule has 0 spiro atoms. The Hall–Kier alpha value is -1.94. The standard InChI is InChI=1S/C83H162O17P2/c1-8-9-10-11-12-13-14-15-17-25-30-37-45-52-59-66-82(87)100-79(71-94-81(86)65-58-51-44-39-32-35-42-49-56-63-76(6)7)73-98-102(91,92)96-69-77(84)68-95-101(89,90)97-72-78(70-93-80(85)64-57-50-43-36-29-24-21-20-23-28-34-41-48-55-62-75(4)5)99-83(88)67-60-53-46-38-31-26-19-16-18-22-27-33-40-47-54-61-74(2)3/h74-79,84H,8-73H2,1-7H3,(H,89,90)(H,91,92)/t77-,78-,79-/m1/s1. The average molecular weight is 1490 g/mol. The van der Waals surface area contributed by atoms with E-state index in [1.807, 2.05) is 0 Å². The van der Waals surface area contributed by atoms with Gasteiger partial charge in [0.1, 0.15) is 19.3 Å². The monoisotopic (exact) mass is 1490 g/mol. The van der Waals surface area contributed by atoms with Gasteiger partial charge in [-0.2, -0.15) is 0 Å². The fraction of sp³-hybridized carbons (Fsp3) is 0.952. The Morgan fingerprint density at radius 1 is 0.265 bits per heavy atom. The molecule has 5 atom stereocenters. The van der Waals surface area contributed by atoms with Crippen LogP contribution in [0.3, 0.4) is 0 Å². The van der Waals surface area contributed by atoms with Gasteiger partial charge >= 0.3 is 39.5 Å². The van der Waals surface area contributed by atoms with Crippen molar-refractivity contribution in [3.05, 3.63) is 0 Å². The molecule has 17 nitrogen and oxygen atoms in total. The Labute approximate surface area is 626 Å². The van der Waals surface area contributed by atoms with Crippen molar-refractivity contribution in [1.29, 1.82) is 0 Å². The van der Waals surface area contributed by atoms with Crippen LogP contribution < -0.4 is 0 Å². The molecular formula is C83H162O17P2. The molecule has 19 heteroatoms. The fourth-order valence-electron chi connectivity index (χ4n) is 12.8. The first kappa shape index (κ1) is 100. The Balaban J connectivity index is 5.27.